The van der Waals surface area contributed by atoms with Crippen LogP contribution in [0.3, 0.4) is 0 Å². The van der Waals surface area contributed by atoms with Gasteiger partial charge in [-0.3, -0.25) is 15.4 Å². The molecule has 0 amide bonds. The van der Waals surface area contributed by atoms with Crippen molar-refractivity contribution in [2.75, 3.05) is 25.2 Å². The van der Waals surface area contributed by atoms with E-state index in [0.717, 1.165) is 32.9 Å². The predicted octanol–water partition coefficient (Wildman–Crippen LogP) is 8.52. The second kappa shape index (κ2) is 16.0. The number of hydrogen-bond donors (Lipinski definition) is 2. The fraction of sp³-hybridized carbons (Fsp3) is 0.317. The molecule has 0 aliphatic carbocycles. The van der Waals surface area contributed by atoms with Gasteiger partial charge in [0.05, 0.1) is 41.7 Å². The Morgan fingerprint density at radius 1 is 1.00 bits per heavy atom. The van der Waals surface area contributed by atoms with Crippen molar-refractivity contribution in [1.29, 1.82) is 0 Å². The Morgan fingerprint density at radius 2 is 1.78 bits per heavy atom. The Bertz CT molecular complexity index is 2520. The van der Waals surface area contributed by atoms with Gasteiger partial charge in [0.15, 0.2) is 0 Å². The molecule has 0 bridgehead atoms. The molecular weight excluding hydrogens is 745 g/mol. The third-order valence-corrected chi connectivity index (χ3v) is 12.4. The molecule has 14 heteroatoms. The molecule has 288 valence electrons. The normalized spacial score (nSPS) is 13.8. The molecule has 55 heavy (non-hydrogen) atoms. The fourth-order valence-corrected chi connectivity index (χ4v) is 9.61. The van der Waals surface area contributed by atoms with Gasteiger partial charge in [0.25, 0.3) is 0 Å². The van der Waals surface area contributed by atoms with Gasteiger partial charge in [-0.2, -0.15) is 9.40 Å². The van der Waals surface area contributed by atoms with E-state index in [-0.39, 0.29) is 36.1 Å². The molecule has 0 saturated carbocycles. The van der Waals surface area contributed by atoms with Crippen LogP contribution < -0.4 is 10.2 Å². The number of rotatable bonds is 11. The molecule has 2 N–H and O–H groups in total. The zero-order valence-corrected chi connectivity index (χ0v) is 32.5. The van der Waals surface area contributed by atoms with Crippen LogP contribution in [-0.4, -0.2) is 58.0 Å². The zero-order chi connectivity index (χ0) is 38.9. The number of ether oxygens (including phenoxy) is 2. The van der Waals surface area contributed by atoms with E-state index < -0.39 is 16.0 Å². The maximum absolute atomic E-state index is 14.3. The number of para-hydroxylation sites is 1. The van der Waals surface area contributed by atoms with E-state index in [9.17, 15) is 22.8 Å². The van der Waals surface area contributed by atoms with Crippen LogP contribution in [0.4, 0.5) is 10.1 Å². The topological polar surface area (TPSA) is 128 Å². The van der Waals surface area contributed by atoms with Crippen LogP contribution >= 0.6 is 11.6 Å². The first kappa shape index (κ1) is 38.3. The van der Waals surface area contributed by atoms with Gasteiger partial charge in [0.2, 0.25) is 10.0 Å². The lowest BCUT2D eigenvalue weighted by Gasteiger charge is -2.23. The summed E-state index contributed by atoms with van der Waals surface area (Å²) in [6, 6.07) is 20.1. The molecule has 0 spiro atoms. The predicted molar refractivity (Wildman–Crippen MR) is 211 cm³/mol. The third-order valence-electron chi connectivity index (χ3n) is 10.2. The number of carbonyl (C=O) groups excluding carboxylic acids is 1. The van der Waals surface area contributed by atoms with Crippen molar-refractivity contribution in [1.82, 2.24) is 18.7 Å². The summed E-state index contributed by atoms with van der Waals surface area (Å²) < 4.78 is 59.6. The fourth-order valence-electron chi connectivity index (χ4n) is 7.78. The van der Waals surface area contributed by atoms with Crippen LogP contribution in [-0.2, 0) is 47.7 Å². The number of aryl methyl sites for hydroxylation is 3. The Balaban J connectivity index is 1.34. The Labute approximate surface area is 324 Å². The number of fused-ring (bicyclic) bond motifs is 3. The highest BCUT2D eigenvalue weighted by Crippen LogP contribution is 2.44. The van der Waals surface area contributed by atoms with E-state index in [2.05, 4.69) is 0 Å². The molecule has 0 atom stereocenters. The molecule has 2 aromatic heterocycles. The first-order valence-corrected chi connectivity index (χ1v) is 20.3. The van der Waals surface area contributed by atoms with Crippen LogP contribution in [0.5, 0.6) is 5.75 Å². The highest BCUT2D eigenvalue weighted by atomic mass is 35.5. The van der Waals surface area contributed by atoms with Gasteiger partial charge in [-0.25, -0.2) is 17.6 Å². The van der Waals surface area contributed by atoms with E-state index in [0.29, 0.717) is 78.5 Å². The second-order valence-electron chi connectivity index (χ2n) is 13.5. The SMILES string of the molecule is CCOC(=O)c1c(CCCOc2cccc3cc(F)ccc23)c2ccc(Cl)c3c2n1CCCCN(S(=O)(=O)c1ccccc1NO)Cc1nn(C)c(CC)c1-3. The van der Waals surface area contributed by atoms with Crippen LogP contribution in [0, 0.1) is 5.82 Å². The highest BCUT2D eigenvalue weighted by molar-refractivity contribution is 7.89. The number of sulfonamides is 1. The molecule has 1 aliphatic heterocycles. The van der Waals surface area contributed by atoms with Crippen LogP contribution in [0.1, 0.15) is 60.5 Å². The van der Waals surface area contributed by atoms with Crippen molar-refractivity contribution < 1.29 is 32.3 Å². The minimum Gasteiger partial charge on any atom is -0.493 e. The quantitative estimate of drug-likeness (QED) is 0.0760. The third kappa shape index (κ3) is 7.17. The molecule has 4 aromatic carbocycles. The molecule has 0 fully saturated rings. The van der Waals surface area contributed by atoms with Crippen molar-refractivity contribution in [3.63, 3.8) is 0 Å². The Hall–Kier alpha value is -4.95. The minimum absolute atomic E-state index is 0.0472. The molecule has 11 nitrogen and oxygen atoms in total. The van der Waals surface area contributed by atoms with E-state index in [4.69, 9.17) is 26.2 Å². The van der Waals surface area contributed by atoms with Gasteiger partial charge < -0.3 is 14.0 Å². The Kier molecular flexibility index (Phi) is 11.2. The molecule has 0 saturated heterocycles. The smallest absolute Gasteiger partial charge is 0.355 e. The second-order valence-corrected chi connectivity index (χ2v) is 15.8. The summed E-state index contributed by atoms with van der Waals surface area (Å²) in [5.74, 6) is -0.120. The average molecular weight is 788 g/mol. The average Bonchev–Trinajstić information content (AvgIpc) is 3.65. The maximum atomic E-state index is 14.3. The van der Waals surface area contributed by atoms with E-state index in [1.54, 1.807) is 29.8 Å². The summed E-state index contributed by atoms with van der Waals surface area (Å²) >= 11 is 7.17. The number of nitrogens with zero attached hydrogens (tertiary/aromatic N) is 4. The van der Waals surface area contributed by atoms with E-state index >= 15 is 0 Å². The van der Waals surface area contributed by atoms with Crippen molar-refractivity contribution in [2.45, 2.75) is 63.9 Å². The van der Waals surface area contributed by atoms with Crippen LogP contribution in [0.2, 0.25) is 5.02 Å². The van der Waals surface area contributed by atoms with Crippen LogP contribution in [0.25, 0.3) is 32.8 Å². The molecule has 6 aromatic rings. The number of carbonyl (C=O) groups is 1. The summed E-state index contributed by atoms with van der Waals surface area (Å²) in [4.78, 5) is 13.9. The molecule has 1 aliphatic rings. The monoisotopic (exact) mass is 787 g/mol. The number of hydrogen-bond acceptors (Lipinski definition) is 8. The lowest BCUT2D eigenvalue weighted by atomic mass is 9.97. The van der Waals surface area contributed by atoms with Gasteiger partial charge in [-0.05, 0) is 92.4 Å². The number of halogens is 2. The van der Waals surface area contributed by atoms with Crippen molar-refractivity contribution in [2.24, 2.45) is 7.05 Å². The summed E-state index contributed by atoms with van der Waals surface area (Å²) in [5, 5.41) is 17.5. The number of aromatic nitrogens is 3. The van der Waals surface area contributed by atoms with E-state index in [1.807, 2.05) is 54.4 Å². The van der Waals surface area contributed by atoms with Gasteiger partial charge in [0.1, 0.15) is 22.2 Å². The molecular formula is C41H43ClFN5O6S. The minimum atomic E-state index is -4.12. The first-order chi connectivity index (χ1) is 26.6. The summed E-state index contributed by atoms with van der Waals surface area (Å²) in [5.41, 5.74) is 6.86. The summed E-state index contributed by atoms with van der Waals surface area (Å²) in [6.45, 7) is 4.81. The van der Waals surface area contributed by atoms with Gasteiger partial charge in [-0.15, -0.1) is 0 Å². The first-order valence-electron chi connectivity index (χ1n) is 18.4. The zero-order valence-electron chi connectivity index (χ0n) is 30.9. The molecule has 7 rings (SSSR count). The summed E-state index contributed by atoms with van der Waals surface area (Å²) in [7, 11) is -2.29. The van der Waals surface area contributed by atoms with Gasteiger partial charge >= 0.3 is 5.97 Å². The maximum Gasteiger partial charge on any atom is 0.355 e. The van der Waals surface area contributed by atoms with Crippen molar-refractivity contribution in [3.8, 4) is 16.9 Å². The van der Waals surface area contributed by atoms with Gasteiger partial charge in [0, 0.05) is 47.7 Å². The lowest BCUT2D eigenvalue weighted by Crippen LogP contribution is -2.32. The van der Waals surface area contributed by atoms with Crippen molar-refractivity contribution >= 4 is 55.0 Å². The highest BCUT2D eigenvalue weighted by Gasteiger charge is 2.33. The molecule has 0 radical (unpaired) electrons. The number of benzene rings is 4. The molecule has 3 heterocycles. The number of nitrogens with one attached hydrogen (secondary N) is 1. The van der Waals surface area contributed by atoms with E-state index in [1.165, 1.54) is 28.6 Å². The summed E-state index contributed by atoms with van der Waals surface area (Å²) in [6.07, 6.45) is 2.63. The van der Waals surface area contributed by atoms with Gasteiger partial charge in [-0.1, -0.05) is 48.9 Å². The number of esters is 1. The molecule has 0 unspecified atom stereocenters. The Morgan fingerprint density at radius 3 is 2.56 bits per heavy atom. The van der Waals surface area contributed by atoms with Crippen molar-refractivity contribution in [3.05, 3.63) is 106 Å². The lowest BCUT2D eigenvalue weighted by molar-refractivity contribution is 0.0512. The van der Waals surface area contributed by atoms with Crippen LogP contribution in [0.15, 0.2) is 77.7 Å². The number of anilines is 1. The largest absolute Gasteiger partial charge is 0.493 e. The standard InChI is InChI=1S/C41H43ClFN5O6S/c1-4-34-38-33(44-46(34)3)25-47(55(51,52)36-16-7-6-14-32(36)45-50)21-8-9-22-48-39-30(19-20-31(42)37(38)39)29(40(48)41(49)53-5-2)13-11-23-54-35-15-10-12-26-24-27(43)17-18-28(26)35/h6-7,10,12,14-20,24,45,50H,4-5,8-9,11,13,21-23,25H2,1-3H3.